The predicted octanol–water partition coefficient (Wildman–Crippen LogP) is 0.578. The van der Waals surface area contributed by atoms with Gasteiger partial charge in [-0.25, -0.2) is 26.4 Å². The van der Waals surface area contributed by atoms with Crippen LogP contribution in [0.5, 0.6) is 0 Å². The minimum Gasteiger partial charge on any atom is -0.478 e. The molecule has 1 aromatic rings. The molecule has 0 saturated carbocycles. The quantitative estimate of drug-likeness (QED) is 0.658. The number of carbonyl (C=O) groups is 1. The van der Waals surface area contributed by atoms with E-state index in [-0.39, 0.29) is 16.2 Å². The molecule has 1 unspecified atom stereocenters. The van der Waals surface area contributed by atoms with Gasteiger partial charge in [-0.2, -0.15) is 0 Å². The zero-order valence-electron chi connectivity index (χ0n) is 10.4. The van der Waals surface area contributed by atoms with Crippen LogP contribution in [0.3, 0.4) is 0 Å². The third kappa shape index (κ3) is 3.81. The maximum absolute atomic E-state index is 12.2. The maximum atomic E-state index is 12.2. The summed E-state index contributed by atoms with van der Waals surface area (Å²) >= 11 is 1.79. The molecule has 21 heavy (non-hydrogen) atoms. The van der Waals surface area contributed by atoms with Crippen LogP contribution in [-0.2, 0) is 19.9 Å². The highest BCUT2D eigenvalue weighted by Crippen LogP contribution is 2.19. The summed E-state index contributed by atoms with van der Waals surface area (Å²) in [4.78, 5) is 10.8. The van der Waals surface area contributed by atoms with Crippen LogP contribution in [0.25, 0.3) is 0 Å². The minimum atomic E-state index is -4.00. The van der Waals surface area contributed by atoms with E-state index in [0.717, 1.165) is 11.5 Å². The SMILES string of the molecule is O=C(O)c1cc(S(=O)(=O)NC2C=CS(=O)(=O)C2)ccc1I. The van der Waals surface area contributed by atoms with E-state index in [1.165, 1.54) is 18.2 Å². The van der Waals surface area contributed by atoms with E-state index in [9.17, 15) is 21.6 Å². The highest BCUT2D eigenvalue weighted by Gasteiger charge is 2.27. The number of carboxylic acids is 1. The molecule has 114 valence electrons. The van der Waals surface area contributed by atoms with Crippen molar-refractivity contribution in [3.05, 3.63) is 38.8 Å². The predicted molar refractivity (Wildman–Crippen MR) is 83.2 cm³/mol. The second-order valence-electron chi connectivity index (χ2n) is 4.33. The Bertz CT molecular complexity index is 828. The summed E-state index contributed by atoms with van der Waals surface area (Å²) in [6.45, 7) is 0. The molecule has 1 heterocycles. The van der Waals surface area contributed by atoms with E-state index in [4.69, 9.17) is 5.11 Å². The normalized spacial score (nSPS) is 20.5. The molecule has 0 saturated heterocycles. The van der Waals surface area contributed by atoms with Crippen molar-refractivity contribution in [3.63, 3.8) is 0 Å². The highest BCUT2D eigenvalue weighted by atomic mass is 127. The van der Waals surface area contributed by atoms with E-state index >= 15 is 0 Å². The summed E-state index contributed by atoms with van der Waals surface area (Å²) in [5.41, 5.74) is -0.131. The van der Waals surface area contributed by atoms with Gasteiger partial charge in [0.1, 0.15) is 0 Å². The molecule has 0 fully saturated rings. The average molecular weight is 443 g/mol. The Morgan fingerprint density at radius 1 is 1.38 bits per heavy atom. The monoisotopic (exact) mass is 443 g/mol. The number of hydrogen-bond donors (Lipinski definition) is 2. The zero-order chi connectivity index (χ0) is 15.8. The average Bonchev–Trinajstić information content (AvgIpc) is 2.67. The molecule has 0 aromatic heterocycles. The number of benzene rings is 1. The summed E-state index contributed by atoms with van der Waals surface area (Å²) < 4.78 is 49.4. The fraction of sp³-hybridized carbons (Fsp3) is 0.182. The first kappa shape index (κ1) is 16.4. The fourth-order valence-electron chi connectivity index (χ4n) is 1.75. The van der Waals surface area contributed by atoms with Crippen LogP contribution in [-0.4, -0.2) is 39.7 Å². The van der Waals surface area contributed by atoms with Crippen LogP contribution in [0.1, 0.15) is 10.4 Å². The van der Waals surface area contributed by atoms with Crippen LogP contribution in [0.15, 0.2) is 34.6 Å². The van der Waals surface area contributed by atoms with Gasteiger partial charge in [0.15, 0.2) is 9.84 Å². The highest BCUT2D eigenvalue weighted by molar-refractivity contribution is 14.1. The number of halogens is 1. The Morgan fingerprint density at radius 3 is 2.57 bits per heavy atom. The summed E-state index contributed by atoms with van der Waals surface area (Å²) in [5, 5.41) is 9.95. The van der Waals surface area contributed by atoms with Crippen LogP contribution in [0.2, 0.25) is 0 Å². The molecule has 1 aliphatic rings. The topological polar surface area (TPSA) is 118 Å². The van der Waals surface area contributed by atoms with E-state index in [2.05, 4.69) is 4.72 Å². The molecule has 0 radical (unpaired) electrons. The summed E-state index contributed by atoms with van der Waals surface area (Å²) in [7, 11) is -7.38. The third-order valence-electron chi connectivity index (χ3n) is 2.72. The van der Waals surface area contributed by atoms with E-state index < -0.39 is 31.9 Å². The van der Waals surface area contributed by atoms with Crippen LogP contribution >= 0.6 is 22.6 Å². The fourth-order valence-corrected chi connectivity index (χ4v) is 4.88. The molecular formula is C11H10INO6S2. The van der Waals surface area contributed by atoms with Crippen molar-refractivity contribution >= 4 is 48.4 Å². The lowest BCUT2D eigenvalue weighted by atomic mass is 10.2. The maximum Gasteiger partial charge on any atom is 0.336 e. The van der Waals surface area contributed by atoms with E-state index in [1.54, 1.807) is 22.6 Å². The van der Waals surface area contributed by atoms with Crippen molar-refractivity contribution in [2.45, 2.75) is 10.9 Å². The molecular weight excluding hydrogens is 433 g/mol. The van der Waals surface area contributed by atoms with Gasteiger partial charge in [0.05, 0.1) is 22.3 Å². The molecule has 2 N–H and O–H groups in total. The standard InChI is InChI=1S/C11H10INO6S2/c12-10-2-1-8(5-9(10)11(14)15)21(18,19)13-7-3-4-20(16,17)6-7/h1-5,7,13H,6H2,(H,14,15). The summed E-state index contributed by atoms with van der Waals surface area (Å²) in [6.07, 6.45) is 1.25. The summed E-state index contributed by atoms with van der Waals surface area (Å²) in [5.74, 6) is -1.58. The number of sulfone groups is 1. The van der Waals surface area contributed by atoms with E-state index in [1.807, 2.05) is 0 Å². The molecule has 0 spiro atoms. The minimum absolute atomic E-state index is 0.131. The molecule has 2 rings (SSSR count). The van der Waals surface area contributed by atoms with Gasteiger partial charge >= 0.3 is 5.97 Å². The smallest absolute Gasteiger partial charge is 0.336 e. The number of hydrogen-bond acceptors (Lipinski definition) is 5. The Balaban J connectivity index is 2.31. The molecule has 7 nitrogen and oxygen atoms in total. The van der Waals surface area contributed by atoms with Crippen molar-refractivity contribution in [2.75, 3.05) is 5.75 Å². The van der Waals surface area contributed by atoms with Gasteiger partial charge in [-0.15, -0.1) is 0 Å². The Morgan fingerprint density at radius 2 is 2.05 bits per heavy atom. The largest absolute Gasteiger partial charge is 0.478 e. The molecule has 1 atom stereocenters. The summed E-state index contributed by atoms with van der Waals surface area (Å²) in [6, 6.07) is 2.83. The first-order valence-electron chi connectivity index (χ1n) is 5.57. The first-order chi connectivity index (χ1) is 9.61. The van der Waals surface area contributed by atoms with Crippen molar-refractivity contribution in [1.82, 2.24) is 4.72 Å². The van der Waals surface area contributed by atoms with Crippen molar-refractivity contribution in [2.24, 2.45) is 0 Å². The number of rotatable bonds is 4. The Hall–Kier alpha value is -0.980. The number of aromatic carboxylic acids is 1. The van der Waals surface area contributed by atoms with Gasteiger partial charge in [-0.05, 0) is 40.8 Å². The molecule has 10 heteroatoms. The number of nitrogens with one attached hydrogen (secondary N) is 1. The molecule has 0 bridgehead atoms. The van der Waals surface area contributed by atoms with E-state index in [0.29, 0.717) is 3.57 Å². The van der Waals surface area contributed by atoms with Gasteiger partial charge < -0.3 is 5.11 Å². The molecule has 0 aliphatic carbocycles. The Kier molecular flexibility index (Phi) is 4.42. The molecule has 0 amide bonds. The van der Waals surface area contributed by atoms with Gasteiger partial charge in [0.2, 0.25) is 10.0 Å². The second-order valence-corrected chi connectivity index (χ2v) is 9.14. The van der Waals surface area contributed by atoms with Gasteiger partial charge in [0, 0.05) is 8.98 Å². The van der Waals surface area contributed by atoms with Crippen LogP contribution < -0.4 is 4.72 Å². The lowest BCUT2D eigenvalue weighted by Gasteiger charge is -2.11. The second kappa shape index (κ2) is 5.66. The number of carboxylic acid groups (broad SMARTS) is 1. The van der Waals surface area contributed by atoms with Crippen LogP contribution in [0.4, 0.5) is 0 Å². The number of sulfonamides is 1. The van der Waals surface area contributed by atoms with Crippen molar-refractivity contribution in [1.29, 1.82) is 0 Å². The van der Waals surface area contributed by atoms with Gasteiger partial charge in [0.25, 0.3) is 0 Å². The lowest BCUT2D eigenvalue weighted by Crippen LogP contribution is -2.35. The Labute approximate surface area is 135 Å². The van der Waals surface area contributed by atoms with Gasteiger partial charge in [-0.3, -0.25) is 0 Å². The third-order valence-corrected chi connectivity index (χ3v) is 6.54. The molecule has 1 aliphatic heterocycles. The zero-order valence-corrected chi connectivity index (χ0v) is 14.1. The van der Waals surface area contributed by atoms with Gasteiger partial charge in [-0.1, -0.05) is 6.08 Å². The first-order valence-corrected chi connectivity index (χ1v) is 9.84. The van der Waals surface area contributed by atoms with Crippen LogP contribution in [0, 0.1) is 3.57 Å². The molecule has 1 aromatic carbocycles. The van der Waals surface area contributed by atoms with Crippen molar-refractivity contribution in [3.8, 4) is 0 Å². The van der Waals surface area contributed by atoms with Crippen molar-refractivity contribution < 1.29 is 26.7 Å². The lowest BCUT2D eigenvalue weighted by molar-refractivity contribution is 0.0695.